The molecule has 1 amide bonds. The molecule has 1 spiro atoms. The van der Waals surface area contributed by atoms with Crippen molar-refractivity contribution >= 4 is 39.8 Å². The highest BCUT2D eigenvalue weighted by Gasteiger charge is 2.51. The van der Waals surface area contributed by atoms with Crippen molar-refractivity contribution < 1.29 is 37.0 Å². The summed E-state index contributed by atoms with van der Waals surface area (Å²) in [5.74, 6) is -0.842. The minimum absolute atomic E-state index is 0.0452. The predicted octanol–water partition coefficient (Wildman–Crippen LogP) is 7.74. The van der Waals surface area contributed by atoms with Gasteiger partial charge in [-0.25, -0.2) is 14.3 Å². The minimum Gasteiger partial charge on any atom is -0.459 e. The highest BCUT2D eigenvalue weighted by molar-refractivity contribution is 9.10. The average Bonchev–Trinajstić information content (AvgIpc) is 3.79. The number of esters is 1. The highest BCUT2D eigenvalue weighted by Crippen LogP contribution is 2.45. The van der Waals surface area contributed by atoms with Gasteiger partial charge in [0, 0.05) is 41.9 Å². The van der Waals surface area contributed by atoms with E-state index in [1.165, 1.54) is 33.8 Å². The van der Waals surface area contributed by atoms with Gasteiger partial charge in [-0.2, -0.15) is 28.2 Å². The van der Waals surface area contributed by atoms with Crippen molar-refractivity contribution in [3.63, 3.8) is 0 Å². The summed E-state index contributed by atoms with van der Waals surface area (Å²) in [7, 11) is 0. The Morgan fingerprint density at radius 1 is 0.929 bits per heavy atom. The van der Waals surface area contributed by atoms with Gasteiger partial charge in [0.2, 0.25) is 17.9 Å². The summed E-state index contributed by atoms with van der Waals surface area (Å²) in [6, 6.07) is 25.1. The fraction of sp³-hybridized carbons (Fsp3) is 0.325. The molecule has 56 heavy (non-hydrogen) atoms. The number of carbonyl (C=O) groups excluding carboxylic acids is 2. The number of halogens is 4. The Morgan fingerprint density at radius 3 is 2.21 bits per heavy atom. The van der Waals surface area contributed by atoms with E-state index in [2.05, 4.69) is 31.0 Å². The molecule has 7 rings (SSSR count). The Bertz CT molecular complexity index is 2100. The van der Waals surface area contributed by atoms with Crippen LogP contribution >= 0.6 is 15.9 Å². The maximum absolute atomic E-state index is 14.7. The molecule has 4 heterocycles. The number of piperidine rings is 1. The SMILES string of the molecule is Cc1ccn(-c2cc(Br)ccc2[C@@H](Oc2cc(N3CCC4(CC3)CC(C(=O)OCc3ccccc3)N(C(=O)OCc3ccccc3)C4)nc(N)n2)C(F)(F)F)n1. The maximum atomic E-state index is 14.7. The van der Waals surface area contributed by atoms with Gasteiger partial charge in [-0.15, -0.1) is 0 Å². The van der Waals surface area contributed by atoms with E-state index in [4.69, 9.17) is 19.9 Å². The van der Waals surface area contributed by atoms with Gasteiger partial charge < -0.3 is 24.8 Å². The molecule has 292 valence electrons. The quantitative estimate of drug-likeness (QED) is 0.139. The molecule has 2 aromatic heterocycles. The van der Waals surface area contributed by atoms with Gasteiger partial charge in [-0.1, -0.05) is 82.7 Å². The second kappa shape index (κ2) is 16.2. The van der Waals surface area contributed by atoms with Crippen LogP contribution in [-0.2, 0) is 27.5 Å². The second-order valence-electron chi connectivity index (χ2n) is 14.0. The summed E-state index contributed by atoms with van der Waals surface area (Å²) in [4.78, 5) is 38.8. The number of benzene rings is 3. The lowest BCUT2D eigenvalue weighted by Gasteiger charge is -2.39. The molecule has 12 nitrogen and oxygen atoms in total. The molecule has 3 aromatic carbocycles. The van der Waals surface area contributed by atoms with E-state index in [0.29, 0.717) is 42.5 Å². The topological polar surface area (TPSA) is 138 Å². The number of nitrogen functional groups attached to an aromatic ring is 1. The van der Waals surface area contributed by atoms with Gasteiger partial charge in [-0.3, -0.25) is 4.90 Å². The number of aryl methyl sites for hydroxylation is 1. The smallest absolute Gasteiger partial charge is 0.429 e. The standard InChI is InChI=1S/C40H39BrF3N7O5/c1-26-14-17-51(48-26)31-20-29(41)12-13-30(31)35(40(42,43)44)56-34-21-33(46-37(45)47-34)49-18-15-39(16-19-49)22-32(36(52)54-23-27-8-4-2-5-9-27)50(25-39)38(53)55-24-28-10-6-3-7-11-28/h2-14,17,20-21,32,35H,15-16,18-19,22-25H2,1H3,(H2,45,46,47)/t32?,35-/m1/s1. The molecule has 0 saturated carbocycles. The highest BCUT2D eigenvalue weighted by atomic mass is 79.9. The van der Waals surface area contributed by atoms with Gasteiger partial charge in [0.1, 0.15) is 25.1 Å². The minimum atomic E-state index is -4.84. The third-order valence-electron chi connectivity index (χ3n) is 10.1. The van der Waals surface area contributed by atoms with Crippen LogP contribution in [0.25, 0.3) is 5.69 Å². The summed E-state index contributed by atoms with van der Waals surface area (Å²) >= 11 is 3.35. The van der Waals surface area contributed by atoms with Gasteiger partial charge in [-0.05, 0) is 60.9 Å². The summed E-state index contributed by atoms with van der Waals surface area (Å²) in [6.45, 7) is 2.93. The van der Waals surface area contributed by atoms with E-state index in [1.807, 2.05) is 65.6 Å². The van der Waals surface area contributed by atoms with E-state index in [-0.39, 0.29) is 48.7 Å². The first-order valence-electron chi connectivity index (χ1n) is 18.0. The summed E-state index contributed by atoms with van der Waals surface area (Å²) in [5, 5.41) is 4.31. The molecule has 2 fully saturated rings. The molecule has 0 aliphatic carbocycles. The molecule has 2 aliphatic heterocycles. The number of amides is 1. The number of rotatable bonds is 10. The maximum Gasteiger partial charge on any atom is 0.429 e. The van der Waals surface area contributed by atoms with Crippen LogP contribution in [0, 0.1) is 12.3 Å². The van der Waals surface area contributed by atoms with E-state index < -0.39 is 35.8 Å². The van der Waals surface area contributed by atoms with Gasteiger partial charge >= 0.3 is 18.2 Å². The van der Waals surface area contributed by atoms with Crippen LogP contribution in [-0.4, -0.2) is 68.6 Å². The van der Waals surface area contributed by atoms with E-state index in [0.717, 1.165) is 11.1 Å². The van der Waals surface area contributed by atoms with Crippen molar-refractivity contribution in [2.45, 2.75) is 57.7 Å². The largest absolute Gasteiger partial charge is 0.459 e. The van der Waals surface area contributed by atoms with Crippen LogP contribution in [0.2, 0.25) is 0 Å². The Hall–Kier alpha value is -5.64. The zero-order valence-corrected chi connectivity index (χ0v) is 31.9. The number of nitrogens with zero attached hydrogens (tertiary/aromatic N) is 6. The summed E-state index contributed by atoms with van der Waals surface area (Å²) in [6.07, 6.45) is -4.86. The summed E-state index contributed by atoms with van der Waals surface area (Å²) in [5.41, 5.74) is 7.86. The van der Waals surface area contributed by atoms with Crippen molar-refractivity contribution in [2.75, 3.05) is 30.3 Å². The fourth-order valence-electron chi connectivity index (χ4n) is 7.22. The van der Waals surface area contributed by atoms with Crippen molar-refractivity contribution in [1.29, 1.82) is 0 Å². The van der Waals surface area contributed by atoms with Crippen LogP contribution in [0.4, 0.5) is 29.7 Å². The van der Waals surface area contributed by atoms with Crippen molar-refractivity contribution in [1.82, 2.24) is 24.6 Å². The van der Waals surface area contributed by atoms with Crippen molar-refractivity contribution in [3.8, 4) is 11.6 Å². The molecule has 2 aliphatic rings. The lowest BCUT2D eigenvalue weighted by molar-refractivity contribution is -0.198. The number of nitrogens with two attached hydrogens (primary N) is 1. The third-order valence-corrected chi connectivity index (χ3v) is 10.6. The Balaban J connectivity index is 1.07. The molecule has 1 unspecified atom stereocenters. The first-order chi connectivity index (χ1) is 26.9. The molecular weight excluding hydrogens is 795 g/mol. The molecular formula is C40H39BrF3N7O5. The molecule has 0 radical (unpaired) electrons. The molecule has 2 saturated heterocycles. The number of likely N-dealkylation sites (tertiary alicyclic amines) is 1. The van der Waals surface area contributed by atoms with E-state index >= 15 is 0 Å². The zero-order valence-electron chi connectivity index (χ0n) is 30.4. The fourth-order valence-corrected chi connectivity index (χ4v) is 7.57. The van der Waals surface area contributed by atoms with Crippen molar-refractivity contribution in [3.05, 3.63) is 124 Å². The molecule has 2 N–H and O–H groups in total. The van der Waals surface area contributed by atoms with Crippen molar-refractivity contribution in [2.24, 2.45) is 5.41 Å². The van der Waals surface area contributed by atoms with Crippen LogP contribution in [0.15, 0.2) is 102 Å². The van der Waals surface area contributed by atoms with E-state index in [1.54, 1.807) is 19.2 Å². The molecule has 16 heteroatoms. The number of hydrogen-bond donors (Lipinski definition) is 1. The van der Waals surface area contributed by atoms with Gasteiger partial charge in [0.15, 0.2) is 0 Å². The predicted molar refractivity (Wildman–Crippen MR) is 204 cm³/mol. The van der Waals surface area contributed by atoms with Crippen LogP contribution in [0.5, 0.6) is 5.88 Å². The van der Waals surface area contributed by atoms with Crippen LogP contribution in [0.1, 0.15) is 47.8 Å². The summed E-state index contributed by atoms with van der Waals surface area (Å²) < 4.78 is 63.1. The lowest BCUT2D eigenvalue weighted by Crippen LogP contribution is -2.43. The first kappa shape index (κ1) is 38.6. The van der Waals surface area contributed by atoms with Gasteiger partial charge in [0.05, 0.1) is 11.4 Å². The number of carbonyl (C=O) groups is 2. The van der Waals surface area contributed by atoms with Crippen LogP contribution < -0.4 is 15.4 Å². The third kappa shape index (κ3) is 8.91. The molecule has 2 atom stereocenters. The Labute approximate surface area is 329 Å². The Morgan fingerprint density at radius 2 is 1.59 bits per heavy atom. The Kier molecular flexibility index (Phi) is 11.2. The second-order valence-corrected chi connectivity index (χ2v) is 15.0. The first-order valence-corrected chi connectivity index (χ1v) is 18.8. The molecule has 5 aromatic rings. The average molecular weight is 835 g/mol. The number of hydrogen-bond acceptors (Lipinski definition) is 10. The van der Waals surface area contributed by atoms with Gasteiger partial charge in [0.25, 0.3) is 0 Å². The lowest BCUT2D eigenvalue weighted by atomic mass is 9.76. The number of ether oxygens (including phenoxy) is 3. The van der Waals surface area contributed by atoms with E-state index in [9.17, 15) is 22.8 Å². The molecule has 0 bridgehead atoms. The monoisotopic (exact) mass is 833 g/mol. The number of anilines is 2. The number of alkyl halides is 3. The zero-order chi connectivity index (χ0) is 39.5. The van der Waals surface area contributed by atoms with Crippen LogP contribution in [0.3, 0.4) is 0 Å². The normalized spacial score (nSPS) is 17.1. The number of aromatic nitrogens is 4.